The summed E-state index contributed by atoms with van der Waals surface area (Å²) in [6.45, 7) is 1.74. The highest BCUT2D eigenvalue weighted by Gasteiger charge is 1.97. The summed E-state index contributed by atoms with van der Waals surface area (Å²) < 4.78 is 9.42. The molecule has 0 aromatic carbocycles. The molecule has 0 aliphatic rings. The molecular weight excluding hydrogens is 146 g/mol. The molecule has 0 aliphatic carbocycles. The number of esters is 1. The zero-order valence-corrected chi connectivity index (χ0v) is 6.24. The van der Waals surface area contributed by atoms with E-state index in [0.717, 1.165) is 5.69 Å². The summed E-state index contributed by atoms with van der Waals surface area (Å²) in [5.41, 5.74) is 0.797. The number of aromatic nitrogens is 1. The molecule has 1 aromatic heterocycles. The average molecular weight is 155 g/mol. The monoisotopic (exact) mass is 155 g/mol. The third-order valence-corrected chi connectivity index (χ3v) is 1.15. The Morgan fingerprint density at radius 2 is 2.64 bits per heavy atom. The molecule has 0 bridgehead atoms. The fourth-order valence-corrected chi connectivity index (χ4v) is 0.660. The second-order valence-corrected chi connectivity index (χ2v) is 2.07. The number of hydrogen-bond acceptors (Lipinski definition) is 4. The number of nitrogens with zero attached hydrogens (tertiary/aromatic N) is 1. The first kappa shape index (κ1) is 7.78. The maximum absolute atomic E-state index is 10.3. The number of rotatable bonds is 3. The number of oxazole rings is 1. The zero-order valence-electron chi connectivity index (χ0n) is 6.24. The van der Waals surface area contributed by atoms with Crippen molar-refractivity contribution in [1.82, 2.24) is 4.98 Å². The summed E-state index contributed by atoms with van der Waals surface area (Å²) in [5.74, 6) is -0.270. The molecule has 1 aromatic rings. The first-order valence-electron chi connectivity index (χ1n) is 3.29. The number of carbonyl (C=O) groups excluding carboxylic acids is 1. The Bertz CT molecular complexity index is 218. The molecule has 4 heteroatoms. The molecule has 0 unspecified atom stereocenters. The van der Waals surface area contributed by atoms with Crippen LogP contribution in [0.5, 0.6) is 0 Å². The van der Waals surface area contributed by atoms with Crippen molar-refractivity contribution in [2.45, 2.75) is 13.3 Å². The lowest BCUT2D eigenvalue weighted by Gasteiger charge is -1.96. The molecule has 4 nitrogen and oxygen atoms in total. The van der Waals surface area contributed by atoms with Crippen LogP contribution in [-0.4, -0.2) is 17.6 Å². The predicted octanol–water partition coefficient (Wildman–Crippen LogP) is 0.780. The molecule has 0 aliphatic heterocycles. The minimum absolute atomic E-state index is 0.270. The van der Waals surface area contributed by atoms with Gasteiger partial charge in [0, 0.05) is 13.3 Å². The van der Waals surface area contributed by atoms with Gasteiger partial charge in [-0.2, -0.15) is 0 Å². The standard InChI is InChI=1S/C7H9NO3/c1-6(9)11-3-2-7-4-10-5-8-7/h4-5H,2-3H2,1H3. The molecule has 1 rings (SSSR count). The first-order chi connectivity index (χ1) is 5.29. The lowest BCUT2D eigenvalue weighted by Crippen LogP contribution is -2.03. The van der Waals surface area contributed by atoms with Crippen LogP contribution in [-0.2, 0) is 16.0 Å². The quantitative estimate of drug-likeness (QED) is 0.605. The zero-order chi connectivity index (χ0) is 8.10. The van der Waals surface area contributed by atoms with Crippen LogP contribution in [0.25, 0.3) is 0 Å². The fourth-order valence-electron chi connectivity index (χ4n) is 0.660. The van der Waals surface area contributed by atoms with E-state index >= 15 is 0 Å². The van der Waals surface area contributed by atoms with Gasteiger partial charge in [0.1, 0.15) is 6.26 Å². The molecule has 0 amide bonds. The van der Waals surface area contributed by atoms with Crippen LogP contribution in [0.2, 0.25) is 0 Å². The molecule has 0 spiro atoms. The van der Waals surface area contributed by atoms with Gasteiger partial charge in [0.15, 0.2) is 6.39 Å². The fraction of sp³-hybridized carbons (Fsp3) is 0.429. The Labute approximate surface area is 64.2 Å². The summed E-state index contributed by atoms with van der Waals surface area (Å²) >= 11 is 0. The number of carbonyl (C=O) groups is 1. The van der Waals surface area contributed by atoms with Crippen LogP contribution in [0.3, 0.4) is 0 Å². The molecule has 0 saturated heterocycles. The van der Waals surface area contributed by atoms with Crippen LogP contribution >= 0.6 is 0 Å². The van der Waals surface area contributed by atoms with E-state index in [0.29, 0.717) is 13.0 Å². The van der Waals surface area contributed by atoms with Crippen LogP contribution in [0.4, 0.5) is 0 Å². The molecule has 1 heterocycles. The molecule has 0 saturated carbocycles. The van der Waals surface area contributed by atoms with E-state index in [1.54, 1.807) is 0 Å². The van der Waals surface area contributed by atoms with E-state index in [9.17, 15) is 4.79 Å². The SMILES string of the molecule is CC(=O)OCCc1cocn1. The Hall–Kier alpha value is -1.32. The highest BCUT2D eigenvalue weighted by molar-refractivity contribution is 5.65. The van der Waals surface area contributed by atoms with Crippen molar-refractivity contribution in [3.8, 4) is 0 Å². The third-order valence-electron chi connectivity index (χ3n) is 1.15. The second-order valence-electron chi connectivity index (χ2n) is 2.07. The smallest absolute Gasteiger partial charge is 0.302 e. The normalized spacial score (nSPS) is 9.55. The van der Waals surface area contributed by atoms with Crippen LogP contribution in [0.15, 0.2) is 17.1 Å². The van der Waals surface area contributed by atoms with Crippen LogP contribution in [0.1, 0.15) is 12.6 Å². The Kier molecular flexibility index (Phi) is 2.66. The van der Waals surface area contributed by atoms with Gasteiger partial charge in [-0.05, 0) is 0 Å². The van der Waals surface area contributed by atoms with Gasteiger partial charge in [0.05, 0.1) is 12.3 Å². The minimum atomic E-state index is -0.270. The molecule has 0 fully saturated rings. The van der Waals surface area contributed by atoms with Crippen molar-refractivity contribution in [2.24, 2.45) is 0 Å². The number of ether oxygens (including phenoxy) is 1. The summed E-state index contributed by atoms with van der Waals surface area (Å²) in [4.78, 5) is 14.2. The van der Waals surface area contributed by atoms with Gasteiger partial charge in [-0.15, -0.1) is 0 Å². The summed E-state index contributed by atoms with van der Waals surface area (Å²) in [6.07, 6.45) is 3.49. The van der Waals surface area contributed by atoms with E-state index in [1.165, 1.54) is 19.6 Å². The second kappa shape index (κ2) is 3.75. The minimum Gasteiger partial charge on any atom is -0.465 e. The third kappa shape index (κ3) is 2.84. The van der Waals surface area contributed by atoms with Crippen molar-refractivity contribution < 1.29 is 13.9 Å². The van der Waals surface area contributed by atoms with Gasteiger partial charge in [-0.25, -0.2) is 4.98 Å². The van der Waals surface area contributed by atoms with E-state index in [4.69, 9.17) is 9.15 Å². The lowest BCUT2D eigenvalue weighted by molar-refractivity contribution is -0.140. The maximum Gasteiger partial charge on any atom is 0.302 e. The average Bonchev–Trinajstić information content (AvgIpc) is 2.39. The van der Waals surface area contributed by atoms with Gasteiger partial charge < -0.3 is 9.15 Å². The maximum atomic E-state index is 10.3. The van der Waals surface area contributed by atoms with Crippen molar-refractivity contribution in [1.29, 1.82) is 0 Å². The molecule has 0 radical (unpaired) electrons. The van der Waals surface area contributed by atoms with Crippen LogP contribution < -0.4 is 0 Å². The van der Waals surface area contributed by atoms with Crippen molar-refractivity contribution >= 4 is 5.97 Å². The largest absolute Gasteiger partial charge is 0.465 e. The highest BCUT2D eigenvalue weighted by atomic mass is 16.5. The predicted molar refractivity (Wildman–Crippen MR) is 36.8 cm³/mol. The first-order valence-corrected chi connectivity index (χ1v) is 3.29. The number of hydrogen-bond donors (Lipinski definition) is 0. The Balaban J connectivity index is 2.19. The Morgan fingerprint density at radius 1 is 1.82 bits per heavy atom. The molecule has 0 atom stereocenters. The Morgan fingerprint density at radius 3 is 3.18 bits per heavy atom. The lowest BCUT2D eigenvalue weighted by atomic mass is 10.4. The van der Waals surface area contributed by atoms with E-state index in [1.807, 2.05) is 0 Å². The highest BCUT2D eigenvalue weighted by Crippen LogP contribution is 1.95. The van der Waals surface area contributed by atoms with E-state index in [2.05, 4.69) is 4.98 Å². The van der Waals surface area contributed by atoms with Gasteiger partial charge in [-0.3, -0.25) is 4.79 Å². The molecular formula is C7H9NO3. The summed E-state index contributed by atoms with van der Waals surface area (Å²) in [7, 11) is 0. The van der Waals surface area contributed by atoms with Gasteiger partial charge in [-0.1, -0.05) is 0 Å². The topological polar surface area (TPSA) is 52.3 Å². The van der Waals surface area contributed by atoms with Gasteiger partial charge in [0.25, 0.3) is 0 Å². The molecule has 11 heavy (non-hydrogen) atoms. The van der Waals surface area contributed by atoms with E-state index < -0.39 is 0 Å². The summed E-state index contributed by atoms with van der Waals surface area (Å²) in [5, 5.41) is 0. The van der Waals surface area contributed by atoms with Crippen LogP contribution in [0, 0.1) is 0 Å². The van der Waals surface area contributed by atoms with E-state index in [-0.39, 0.29) is 5.97 Å². The molecule has 60 valence electrons. The summed E-state index contributed by atoms with van der Waals surface area (Å²) in [6, 6.07) is 0. The molecule has 0 N–H and O–H groups in total. The van der Waals surface area contributed by atoms with Gasteiger partial charge in [0.2, 0.25) is 0 Å². The van der Waals surface area contributed by atoms with Gasteiger partial charge >= 0.3 is 5.97 Å². The van der Waals surface area contributed by atoms with Crippen molar-refractivity contribution in [3.63, 3.8) is 0 Å². The van der Waals surface area contributed by atoms with Crippen molar-refractivity contribution in [2.75, 3.05) is 6.61 Å². The van der Waals surface area contributed by atoms with Crippen molar-refractivity contribution in [3.05, 3.63) is 18.4 Å².